The summed E-state index contributed by atoms with van der Waals surface area (Å²) in [6, 6.07) is 6.62. The van der Waals surface area contributed by atoms with Crippen LogP contribution < -0.4 is 4.90 Å². The Labute approximate surface area is 160 Å². The lowest BCUT2D eigenvalue weighted by Crippen LogP contribution is -2.49. The normalized spacial score (nSPS) is 15.8. The summed E-state index contributed by atoms with van der Waals surface area (Å²) in [6.07, 6.45) is 1.48. The summed E-state index contributed by atoms with van der Waals surface area (Å²) >= 11 is 12.0. The van der Waals surface area contributed by atoms with E-state index in [1.807, 2.05) is 4.90 Å². The van der Waals surface area contributed by atoms with Crippen molar-refractivity contribution in [2.75, 3.05) is 31.1 Å². The summed E-state index contributed by atoms with van der Waals surface area (Å²) in [5, 5.41) is 11.7. The van der Waals surface area contributed by atoms with E-state index in [-0.39, 0.29) is 23.7 Å². The molecule has 0 atom stereocenters. The predicted molar refractivity (Wildman–Crippen MR) is 98.3 cm³/mol. The maximum atomic E-state index is 12.7. The second-order valence-electron chi connectivity index (χ2n) is 5.60. The molecular formula is C15H14Cl2N4O4S. The molecule has 2 heterocycles. The third-order valence-electron chi connectivity index (χ3n) is 3.99. The maximum absolute atomic E-state index is 12.7. The van der Waals surface area contributed by atoms with Crippen molar-refractivity contribution in [3.05, 3.63) is 56.7 Å². The van der Waals surface area contributed by atoms with Crippen molar-refractivity contribution < 1.29 is 13.3 Å². The number of nitrogens with zero attached hydrogens (tertiary/aromatic N) is 4. The van der Waals surface area contributed by atoms with Crippen LogP contribution in [0.2, 0.25) is 10.0 Å². The highest BCUT2D eigenvalue weighted by molar-refractivity contribution is 7.89. The monoisotopic (exact) mass is 416 g/mol. The zero-order chi connectivity index (χ0) is 18.9. The Morgan fingerprint density at radius 1 is 1.12 bits per heavy atom. The molecule has 0 N–H and O–H groups in total. The van der Waals surface area contributed by atoms with Crippen LogP contribution in [-0.4, -0.2) is 48.8 Å². The summed E-state index contributed by atoms with van der Waals surface area (Å²) in [7, 11) is -3.81. The largest absolute Gasteiger partial charge is 0.353 e. The molecule has 1 fully saturated rings. The Morgan fingerprint density at radius 3 is 2.42 bits per heavy atom. The smallest absolute Gasteiger partial charge is 0.270 e. The fourth-order valence-electron chi connectivity index (χ4n) is 2.69. The second kappa shape index (κ2) is 7.36. The molecule has 0 spiro atoms. The van der Waals surface area contributed by atoms with Crippen LogP contribution in [0.4, 0.5) is 11.5 Å². The molecule has 1 aromatic carbocycles. The highest BCUT2D eigenvalue weighted by Crippen LogP contribution is 2.28. The number of sulfonamides is 1. The fourth-order valence-corrected chi connectivity index (χ4v) is 4.65. The van der Waals surface area contributed by atoms with Gasteiger partial charge in [0, 0.05) is 44.5 Å². The fraction of sp³-hybridized carbons (Fsp3) is 0.267. The van der Waals surface area contributed by atoms with Gasteiger partial charge in [-0.05, 0) is 12.1 Å². The SMILES string of the molecule is O=[N+]([O-])c1cccc(S(=O)(=O)N2CCN(c3ncc(Cl)cc3Cl)CC2)c1. The summed E-state index contributed by atoms with van der Waals surface area (Å²) in [6.45, 7) is 1.21. The van der Waals surface area contributed by atoms with Crippen molar-refractivity contribution in [1.82, 2.24) is 9.29 Å². The van der Waals surface area contributed by atoms with E-state index in [1.54, 1.807) is 6.07 Å². The molecule has 0 amide bonds. The number of aromatic nitrogens is 1. The van der Waals surface area contributed by atoms with Gasteiger partial charge in [0.15, 0.2) is 0 Å². The van der Waals surface area contributed by atoms with Gasteiger partial charge in [-0.2, -0.15) is 4.31 Å². The molecule has 0 unspecified atom stereocenters. The average molecular weight is 417 g/mol. The van der Waals surface area contributed by atoms with Crippen molar-refractivity contribution >= 4 is 44.7 Å². The Kier molecular flexibility index (Phi) is 5.33. The highest BCUT2D eigenvalue weighted by atomic mass is 35.5. The lowest BCUT2D eigenvalue weighted by atomic mass is 10.3. The van der Waals surface area contributed by atoms with Crippen molar-refractivity contribution in [2.45, 2.75) is 4.90 Å². The number of halogens is 2. The molecule has 1 aromatic heterocycles. The van der Waals surface area contributed by atoms with E-state index < -0.39 is 14.9 Å². The van der Waals surface area contributed by atoms with Crippen LogP contribution in [0.15, 0.2) is 41.4 Å². The van der Waals surface area contributed by atoms with Gasteiger partial charge in [-0.15, -0.1) is 0 Å². The molecule has 0 aliphatic carbocycles. The van der Waals surface area contributed by atoms with Gasteiger partial charge < -0.3 is 4.90 Å². The minimum absolute atomic E-state index is 0.0946. The molecule has 0 saturated carbocycles. The molecular weight excluding hydrogens is 403 g/mol. The molecule has 1 aliphatic heterocycles. The molecule has 1 aliphatic rings. The minimum atomic E-state index is -3.81. The van der Waals surface area contributed by atoms with Gasteiger partial charge in [0.1, 0.15) is 5.82 Å². The zero-order valence-electron chi connectivity index (χ0n) is 13.4. The summed E-state index contributed by atoms with van der Waals surface area (Å²) in [5.74, 6) is 0.545. The van der Waals surface area contributed by atoms with Crippen molar-refractivity contribution in [3.8, 4) is 0 Å². The summed E-state index contributed by atoms with van der Waals surface area (Å²) < 4.78 is 26.8. The number of anilines is 1. The quantitative estimate of drug-likeness (QED) is 0.561. The van der Waals surface area contributed by atoms with Crippen LogP contribution in [0.5, 0.6) is 0 Å². The lowest BCUT2D eigenvalue weighted by Gasteiger charge is -2.35. The van der Waals surface area contributed by atoms with Crippen LogP contribution in [0.25, 0.3) is 0 Å². The van der Waals surface area contributed by atoms with Crippen molar-refractivity contribution in [2.24, 2.45) is 0 Å². The number of nitro groups is 1. The van der Waals surface area contributed by atoms with E-state index in [0.717, 1.165) is 6.07 Å². The Bertz CT molecular complexity index is 946. The highest BCUT2D eigenvalue weighted by Gasteiger charge is 2.30. The molecule has 8 nitrogen and oxygen atoms in total. The number of hydrogen-bond donors (Lipinski definition) is 0. The minimum Gasteiger partial charge on any atom is -0.353 e. The van der Waals surface area contributed by atoms with Gasteiger partial charge in [-0.3, -0.25) is 10.1 Å². The van der Waals surface area contributed by atoms with Gasteiger partial charge in [-0.25, -0.2) is 13.4 Å². The number of piperazine rings is 1. The topological polar surface area (TPSA) is 96.6 Å². The first kappa shape index (κ1) is 18.8. The summed E-state index contributed by atoms with van der Waals surface area (Å²) in [5.41, 5.74) is -0.262. The summed E-state index contributed by atoms with van der Waals surface area (Å²) in [4.78, 5) is 16.2. The van der Waals surface area contributed by atoms with Crippen LogP contribution >= 0.6 is 23.2 Å². The molecule has 138 valence electrons. The number of hydrogen-bond acceptors (Lipinski definition) is 6. The third-order valence-corrected chi connectivity index (χ3v) is 6.37. The van der Waals surface area contributed by atoms with Gasteiger partial charge in [0.2, 0.25) is 10.0 Å². The standard InChI is InChI=1S/C15H14Cl2N4O4S/c16-11-8-14(17)15(18-10-11)19-4-6-20(7-5-19)26(24,25)13-3-1-2-12(9-13)21(22)23/h1-3,8-10H,4-7H2. The average Bonchev–Trinajstić information content (AvgIpc) is 2.62. The van der Waals surface area contributed by atoms with E-state index in [9.17, 15) is 18.5 Å². The van der Waals surface area contributed by atoms with Crippen LogP contribution in [-0.2, 0) is 10.0 Å². The maximum Gasteiger partial charge on any atom is 0.270 e. The molecule has 1 saturated heterocycles. The van der Waals surface area contributed by atoms with Gasteiger partial charge in [0.25, 0.3) is 5.69 Å². The van der Waals surface area contributed by atoms with Crippen LogP contribution in [0.3, 0.4) is 0 Å². The predicted octanol–water partition coefficient (Wildman–Crippen LogP) is 2.81. The van der Waals surface area contributed by atoms with Crippen LogP contribution in [0, 0.1) is 10.1 Å². The number of nitro benzene ring substituents is 1. The van der Waals surface area contributed by atoms with E-state index in [2.05, 4.69) is 4.98 Å². The number of benzene rings is 1. The third kappa shape index (κ3) is 3.75. The van der Waals surface area contributed by atoms with Crippen LogP contribution in [0.1, 0.15) is 0 Å². The molecule has 11 heteroatoms. The van der Waals surface area contributed by atoms with Gasteiger partial charge in [-0.1, -0.05) is 29.3 Å². The molecule has 26 heavy (non-hydrogen) atoms. The van der Waals surface area contributed by atoms with E-state index in [0.29, 0.717) is 29.0 Å². The van der Waals surface area contributed by atoms with Gasteiger partial charge >= 0.3 is 0 Å². The Morgan fingerprint density at radius 2 is 1.81 bits per heavy atom. The first-order valence-corrected chi connectivity index (χ1v) is 9.79. The molecule has 2 aromatic rings. The second-order valence-corrected chi connectivity index (χ2v) is 8.39. The van der Waals surface area contributed by atoms with Crippen molar-refractivity contribution in [3.63, 3.8) is 0 Å². The molecule has 0 radical (unpaired) electrons. The van der Waals surface area contributed by atoms with E-state index >= 15 is 0 Å². The first-order chi connectivity index (χ1) is 12.3. The Balaban J connectivity index is 1.76. The number of rotatable bonds is 4. The Hall–Kier alpha value is -1.94. The zero-order valence-corrected chi connectivity index (χ0v) is 15.7. The first-order valence-electron chi connectivity index (χ1n) is 7.59. The van der Waals surface area contributed by atoms with Crippen molar-refractivity contribution in [1.29, 1.82) is 0 Å². The lowest BCUT2D eigenvalue weighted by molar-refractivity contribution is -0.385. The number of non-ortho nitro benzene ring substituents is 1. The van der Waals surface area contributed by atoms with E-state index in [1.165, 1.54) is 28.7 Å². The van der Waals surface area contributed by atoms with E-state index in [4.69, 9.17) is 23.2 Å². The molecule has 0 bridgehead atoms. The number of pyridine rings is 1. The van der Waals surface area contributed by atoms with Gasteiger partial charge in [0.05, 0.1) is 19.9 Å². The molecule has 3 rings (SSSR count).